The number of hydrogen-bond donors (Lipinski definition) is 1. The van der Waals surface area contributed by atoms with Gasteiger partial charge in [0.05, 0.1) is 6.54 Å². The Hall–Kier alpha value is -1.06. The van der Waals surface area contributed by atoms with E-state index in [0.29, 0.717) is 6.42 Å². The molecule has 0 aliphatic carbocycles. The summed E-state index contributed by atoms with van der Waals surface area (Å²) >= 11 is 0. The van der Waals surface area contributed by atoms with Crippen molar-refractivity contribution < 1.29 is 9.59 Å². The fraction of sp³-hybridized carbons (Fsp3) is 0.800. The number of hydrogen-bond acceptors (Lipinski definition) is 2. The van der Waals surface area contributed by atoms with E-state index in [2.05, 4.69) is 5.32 Å². The van der Waals surface area contributed by atoms with E-state index in [4.69, 9.17) is 0 Å². The van der Waals surface area contributed by atoms with Crippen molar-refractivity contribution in [2.45, 2.75) is 45.7 Å². The normalized spacial score (nSPS) is 24.8. The molecule has 0 bridgehead atoms. The average molecular weight is 198 g/mol. The van der Waals surface area contributed by atoms with Crippen molar-refractivity contribution in [3.8, 4) is 0 Å². The van der Waals surface area contributed by atoms with Gasteiger partial charge in [-0.1, -0.05) is 13.8 Å². The van der Waals surface area contributed by atoms with Gasteiger partial charge in [-0.15, -0.1) is 0 Å². The molecular weight excluding hydrogens is 180 g/mol. The summed E-state index contributed by atoms with van der Waals surface area (Å²) < 4.78 is 0. The molecular formula is C10H18N2O2. The van der Waals surface area contributed by atoms with E-state index < -0.39 is 0 Å². The van der Waals surface area contributed by atoms with Crippen LogP contribution in [-0.2, 0) is 9.59 Å². The van der Waals surface area contributed by atoms with Gasteiger partial charge in [0, 0.05) is 6.04 Å². The lowest BCUT2D eigenvalue weighted by atomic mass is 10.1. The fourth-order valence-corrected chi connectivity index (χ4v) is 1.80. The summed E-state index contributed by atoms with van der Waals surface area (Å²) in [6.45, 7) is 6.09. The molecule has 0 aromatic heterocycles. The second kappa shape index (κ2) is 4.44. The second-order valence-electron chi connectivity index (χ2n) is 3.70. The molecule has 2 amide bonds. The van der Waals surface area contributed by atoms with Crippen LogP contribution in [-0.4, -0.2) is 35.3 Å². The van der Waals surface area contributed by atoms with Crippen molar-refractivity contribution in [1.82, 2.24) is 10.2 Å². The summed E-state index contributed by atoms with van der Waals surface area (Å²) in [5.74, 6) is 0.0122. The summed E-state index contributed by atoms with van der Waals surface area (Å²) in [5, 5.41) is 2.61. The lowest BCUT2D eigenvalue weighted by Gasteiger charge is -2.38. The minimum Gasteiger partial charge on any atom is -0.345 e. The molecule has 1 aliphatic heterocycles. The Kier molecular flexibility index (Phi) is 3.49. The van der Waals surface area contributed by atoms with E-state index in [-0.39, 0.29) is 30.4 Å². The minimum atomic E-state index is -0.272. The first kappa shape index (κ1) is 11.0. The van der Waals surface area contributed by atoms with Gasteiger partial charge in [-0.3, -0.25) is 9.59 Å². The Morgan fingerprint density at radius 1 is 1.50 bits per heavy atom. The summed E-state index contributed by atoms with van der Waals surface area (Å²) in [5.41, 5.74) is 0. The average Bonchev–Trinajstić information content (AvgIpc) is 2.19. The third-order valence-electron chi connectivity index (χ3n) is 2.79. The Labute approximate surface area is 84.7 Å². The van der Waals surface area contributed by atoms with E-state index >= 15 is 0 Å². The monoisotopic (exact) mass is 198 g/mol. The van der Waals surface area contributed by atoms with Crippen LogP contribution < -0.4 is 5.32 Å². The van der Waals surface area contributed by atoms with Crippen LogP contribution >= 0.6 is 0 Å². The predicted molar refractivity (Wildman–Crippen MR) is 53.7 cm³/mol. The maximum atomic E-state index is 11.6. The Bertz CT molecular complexity index is 240. The van der Waals surface area contributed by atoms with Crippen molar-refractivity contribution in [3.63, 3.8) is 0 Å². The number of piperazine rings is 1. The first-order valence-electron chi connectivity index (χ1n) is 5.20. The molecule has 0 spiro atoms. The van der Waals surface area contributed by atoms with Gasteiger partial charge < -0.3 is 10.2 Å². The molecule has 2 unspecified atom stereocenters. The molecule has 4 heteroatoms. The van der Waals surface area contributed by atoms with Crippen LogP contribution in [0.1, 0.15) is 33.6 Å². The second-order valence-corrected chi connectivity index (χ2v) is 3.70. The minimum absolute atomic E-state index is 0.0209. The fourth-order valence-electron chi connectivity index (χ4n) is 1.80. The summed E-state index contributed by atoms with van der Waals surface area (Å²) in [6, 6.07) is -0.121. The van der Waals surface area contributed by atoms with Gasteiger partial charge in [0.15, 0.2) is 0 Å². The molecule has 1 aliphatic rings. The molecule has 80 valence electrons. The van der Waals surface area contributed by atoms with Crippen LogP contribution in [0.15, 0.2) is 0 Å². The lowest BCUT2D eigenvalue weighted by molar-refractivity contribution is -0.148. The standard InChI is InChI=1S/C10H18N2O2/c1-4-7(3)12-8(5-2)10(14)11-6-9(12)13/h7-8H,4-6H2,1-3H3,(H,11,14). The summed E-state index contributed by atoms with van der Waals surface area (Å²) in [4.78, 5) is 24.8. The van der Waals surface area contributed by atoms with E-state index in [1.165, 1.54) is 0 Å². The van der Waals surface area contributed by atoms with Gasteiger partial charge in [-0.2, -0.15) is 0 Å². The van der Waals surface area contributed by atoms with E-state index in [1.807, 2.05) is 20.8 Å². The van der Waals surface area contributed by atoms with Gasteiger partial charge in [-0.05, 0) is 19.8 Å². The van der Waals surface area contributed by atoms with Gasteiger partial charge >= 0.3 is 0 Å². The lowest BCUT2D eigenvalue weighted by Crippen LogP contribution is -2.60. The van der Waals surface area contributed by atoms with Crippen LogP contribution in [0.4, 0.5) is 0 Å². The maximum Gasteiger partial charge on any atom is 0.243 e. The molecule has 1 N–H and O–H groups in total. The van der Waals surface area contributed by atoms with Crippen LogP contribution in [0.3, 0.4) is 0 Å². The van der Waals surface area contributed by atoms with Crippen molar-refractivity contribution in [1.29, 1.82) is 0 Å². The first-order chi connectivity index (χ1) is 6.61. The van der Waals surface area contributed by atoms with Crippen molar-refractivity contribution in [2.24, 2.45) is 0 Å². The molecule has 2 atom stereocenters. The molecule has 0 aromatic rings. The summed E-state index contributed by atoms with van der Waals surface area (Å²) in [6.07, 6.45) is 1.57. The van der Waals surface area contributed by atoms with Crippen LogP contribution in [0.25, 0.3) is 0 Å². The van der Waals surface area contributed by atoms with E-state index in [0.717, 1.165) is 6.42 Å². The molecule has 0 saturated carbocycles. The number of carbonyl (C=O) groups excluding carboxylic acids is 2. The zero-order valence-corrected chi connectivity index (χ0v) is 9.04. The number of rotatable bonds is 3. The maximum absolute atomic E-state index is 11.6. The zero-order chi connectivity index (χ0) is 10.7. The Morgan fingerprint density at radius 3 is 2.64 bits per heavy atom. The highest BCUT2D eigenvalue weighted by Gasteiger charge is 2.35. The first-order valence-corrected chi connectivity index (χ1v) is 5.20. The van der Waals surface area contributed by atoms with Crippen molar-refractivity contribution >= 4 is 11.8 Å². The van der Waals surface area contributed by atoms with Crippen molar-refractivity contribution in [3.05, 3.63) is 0 Å². The molecule has 0 radical (unpaired) electrons. The molecule has 14 heavy (non-hydrogen) atoms. The molecule has 1 rings (SSSR count). The van der Waals surface area contributed by atoms with E-state index in [9.17, 15) is 9.59 Å². The quantitative estimate of drug-likeness (QED) is 0.718. The van der Waals surface area contributed by atoms with Crippen LogP contribution in [0.5, 0.6) is 0 Å². The highest BCUT2D eigenvalue weighted by atomic mass is 16.2. The number of amides is 2. The smallest absolute Gasteiger partial charge is 0.243 e. The van der Waals surface area contributed by atoms with E-state index in [1.54, 1.807) is 4.90 Å². The highest BCUT2D eigenvalue weighted by molar-refractivity contribution is 5.94. The number of nitrogens with one attached hydrogen (secondary N) is 1. The van der Waals surface area contributed by atoms with Gasteiger partial charge in [0.1, 0.15) is 6.04 Å². The third kappa shape index (κ3) is 1.89. The predicted octanol–water partition coefficient (Wildman–Crippen LogP) is 0.522. The van der Waals surface area contributed by atoms with Gasteiger partial charge in [0.2, 0.25) is 11.8 Å². The Balaban J connectivity index is 2.83. The SMILES string of the molecule is CCC(C)N1C(=O)CNC(=O)C1CC. The van der Waals surface area contributed by atoms with Crippen LogP contribution in [0.2, 0.25) is 0 Å². The van der Waals surface area contributed by atoms with Gasteiger partial charge in [-0.25, -0.2) is 0 Å². The number of carbonyl (C=O) groups is 2. The largest absolute Gasteiger partial charge is 0.345 e. The highest BCUT2D eigenvalue weighted by Crippen LogP contribution is 2.15. The van der Waals surface area contributed by atoms with Gasteiger partial charge in [0.25, 0.3) is 0 Å². The van der Waals surface area contributed by atoms with Crippen LogP contribution in [0, 0.1) is 0 Å². The topological polar surface area (TPSA) is 49.4 Å². The molecule has 1 saturated heterocycles. The molecule has 1 heterocycles. The molecule has 0 aromatic carbocycles. The molecule has 4 nitrogen and oxygen atoms in total. The Morgan fingerprint density at radius 2 is 2.14 bits per heavy atom. The molecule has 1 fully saturated rings. The summed E-state index contributed by atoms with van der Waals surface area (Å²) in [7, 11) is 0. The number of nitrogens with zero attached hydrogens (tertiary/aromatic N) is 1. The third-order valence-corrected chi connectivity index (χ3v) is 2.79. The van der Waals surface area contributed by atoms with Crippen molar-refractivity contribution in [2.75, 3.05) is 6.54 Å². The zero-order valence-electron chi connectivity index (χ0n) is 9.04.